The first kappa shape index (κ1) is 21.8. The Hall–Kier alpha value is -2.92. The van der Waals surface area contributed by atoms with Crippen LogP contribution in [0.5, 0.6) is 0 Å². The highest BCUT2D eigenvalue weighted by molar-refractivity contribution is 6.02. The van der Waals surface area contributed by atoms with Crippen LogP contribution in [0.2, 0.25) is 0 Å². The fourth-order valence-electron chi connectivity index (χ4n) is 3.51. The standard InChI is InChI=1S/C25H29NO4/c1-25(2,3)22(15-27)26-23(28)12-13-24(29)30-16-21-19-10-6-4-8-17(19)14-18-9-5-7-11-20(18)21/h4-11,14,22,27H,12-13,15-16H2,1-3H3,(H,26,28)/t22-/m1/s1. The zero-order chi connectivity index (χ0) is 21.7. The number of aliphatic hydroxyl groups is 1. The summed E-state index contributed by atoms with van der Waals surface area (Å²) in [6.45, 7) is 5.84. The highest BCUT2D eigenvalue weighted by atomic mass is 16.5. The second-order valence-corrected chi connectivity index (χ2v) is 8.63. The molecule has 0 aliphatic carbocycles. The van der Waals surface area contributed by atoms with Crippen LogP contribution in [-0.4, -0.2) is 29.6 Å². The van der Waals surface area contributed by atoms with Crippen molar-refractivity contribution < 1.29 is 19.4 Å². The van der Waals surface area contributed by atoms with Crippen molar-refractivity contribution in [2.45, 2.75) is 46.3 Å². The third kappa shape index (κ3) is 5.16. The first-order chi connectivity index (χ1) is 14.3. The molecule has 0 spiro atoms. The normalized spacial score (nSPS) is 12.7. The minimum Gasteiger partial charge on any atom is -0.461 e. The third-order valence-electron chi connectivity index (χ3n) is 5.38. The van der Waals surface area contributed by atoms with Gasteiger partial charge in [-0.25, -0.2) is 0 Å². The molecular formula is C25H29NO4. The van der Waals surface area contributed by atoms with Crippen molar-refractivity contribution in [1.29, 1.82) is 0 Å². The van der Waals surface area contributed by atoms with Gasteiger partial charge in [0, 0.05) is 12.0 Å². The zero-order valence-electron chi connectivity index (χ0n) is 17.8. The highest BCUT2D eigenvalue weighted by Gasteiger charge is 2.25. The van der Waals surface area contributed by atoms with Gasteiger partial charge < -0.3 is 15.2 Å². The smallest absolute Gasteiger partial charge is 0.306 e. The summed E-state index contributed by atoms with van der Waals surface area (Å²) in [5, 5.41) is 16.6. The summed E-state index contributed by atoms with van der Waals surface area (Å²) < 4.78 is 5.52. The molecule has 0 fully saturated rings. The van der Waals surface area contributed by atoms with Gasteiger partial charge in [-0.05, 0) is 33.0 Å². The average Bonchev–Trinajstić information content (AvgIpc) is 2.72. The van der Waals surface area contributed by atoms with Gasteiger partial charge in [0.25, 0.3) is 0 Å². The van der Waals surface area contributed by atoms with Crippen molar-refractivity contribution in [1.82, 2.24) is 5.32 Å². The monoisotopic (exact) mass is 407 g/mol. The van der Waals surface area contributed by atoms with Crippen molar-refractivity contribution in [3.63, 3.8) is 0 Å². The van der Waals surface area contributed by atoms with Gasteiger partial charge in [-0.2, -0.15) is 0 Å². The molecule has 0 radical (unpaired) electrons. The van der Waals surface area contributed by atoms with E-state index in [1.165, 1.54) is 0 Å². The molecular weight excluding hydrogens is 378 g/mol. The Morgan fingerprint density at radius 1 is 0.967 bits per heavy atom. The maximum Gasteiger partial charge on any atom is 0.306 e. The second-order valence-electron chi connectivity index (χ2n) is 8.63. The fourth-order valence-corrected chi connectivity index (χ4v) is 3.51. The first-order valence-electron chi connectivity index (χ1n) is 10.2. The minimum absolute atomic E-state index is 0.00315. The Labute approximate surface area is 177 Å². The summed E-state index contributed by atoms with van der Waals surface area (Å²) in [6, 6.07) is 17.8. The van der Waals surface area contributed by atoms with Gasteiger partial charge in [0.05, 0.1) is 19.1 Å². The van der Waals surface area contributed by atoms with E-state index in [0.717, 1.165) is 27.1 Å². The number of ether oxygens (including phenoxy) is 1. The van der Waals surface area contributed by atoms with Crippen LogP contribution >= 0.6 is 0 Å². The van der Waals surface area contributed by atoms with E-state index in [4.69, 9.17) is 4.74 Å². The summed E-state index contributed by atoms with van der Waals surface area (Å²) in [4.78, 5) is 24.5. The van der Waals surface area contributed by atoms with E-state index in [-0.39, 0.29) is 43.4 Å². The SMILES string of the molecule is CC(C)(C)[C@@H](CO)NC(=O)CCC(=O)OCc1c2ccccc2cc2ccccc12. The summed E-state index contributed by atoms with van der Waals surface area (Å²) in [6.07, 6.45) is 0.0263. The average molecular weight is 408 g/mol. The van der Waals surface area contributed by atoms with E-state index in [9.17, 15) is 14.7 Å². The van der Waals surface area contributed by atoms with E-state index >= 15 is 0 Å². The Morgan fingerprint density at radius 3 is 2.07 bits per heavy atom. The van der Waals surface area contributed by atoms with Gasteiger partial charge in [0.15, 0.2) is 0 Å². The van der Waals surface area contributed by atoms with Gasteiger partial charge in [-0.1, -0.05) is 69.3 Å². The molecule has 5 heteroatoms. The molecule has 0 saturated carbocycles. The lowest BCUT2D eigenvalue weighted by Gasteiger charge is -2.29. The number of carbonyl (C=O) groups is 2. The summed E-state index contributed by atoms with van der Waals surface area (Å²) in [5.74, 6) is -0.685. The predicted molar refractivity (Wildman–Crippen MR) is 119 cm³/mol. The zero-order valence-corrected chi connectivity index (χ0v) is 17.8. The molecule has 2 N–H and O–H groups in total. The molecule has 30 heavy (non-hydrogen) atoms. The van der Waals surface area contributed by atoms with Crippen LogP contribution < -0.4 is 5.32 Å². The van der Waals surface area contributed by atoms with E-state index in [0.29, 0.717) is 0 Å². The number of hydrogen-bond donors (Lipinski definition) is 2. The minimum atomic E-state index is -0.418. The third-order valence-corrected chi connectivity index (χ3v) is 5.38. The molecule has 3 aromatic rings. The van der Waals surface area contributed by atoms with Crippen LogP contribution in [0.3, 0.4) is 0 Å². The Morgan fingerprint density at radius 2 is 1.53 bits per heavy atom. The maximum atomic E-state index is 12.3. The molecule has 3 aromatic carbocycles. The molecule has 0 unspecified atom stereocenters. The van der Waals surface area contributed by atoms with Crippen LogP contribution in [0, 0.1) is 5.41 Å². The van der Waals surface area contributed by atoms with E-state index < -0.39 is 5.97 Å². The molecule has 0 bridgehead atoms. The number of nitrogens with one attached hydrogen (secondary N) is 1. The summed E-state index contributed by atoms with van der Waals surface area (Å²) >= 11 is 0. The lowest BCUT2D eigenvalue weighted by Crippen LogP contribution is -2.46. The number of fused-ring (bicyclic) bond motifs is 2. The van der Waals surface area contributed by atoms with Crippen molar-refractivity contribution >= 4 is 33.4 Å². The molecule has 3 rings (SSSR count). The van der Waals surface area contributed by atoms with Gasteiger partial charge >= 0.3 is 5.97 Å². The topological polar surface area (TPSA) is 75.6 Å². The van der Waals surface area contributed by atoms with Gasteiger partial charge in [-0.3, -0.25) is 9.59 Å². The van der Waals surface area contributed by atoms with Crippen LogP contribution in [0.25, 0.3) is 21.5 Å². The summed E-state index contributed by atoms with van der Waals surface area (Å²) in [7, 11) is 0. The number of aliphatic hydroxyl groups excluding tert-OH is 1. The number of rotatable bonds is 7. The van der Waals surface area contributed by atoms with Gasteiger partial charge in [0.1, 0.15) is 6.61 Å². The predicted octanol–water partition coefficient (Wildman–Crippen LogP) is 4.34. The van der Waals surface area contributed by atoms with Crippen molar-refractivity contribution in [2.24, 2.45) is 5.41 Å². The Bertz CT molecular complexity index is 998. The molecule has 5 nitrogen and oxygen atoms in total. The molecule has 0 saturated heterocycles. The number of hydrogen-bond acceptors (Lipinski definition) is 4. The summed E-state index contributed by atoms with van der Waals surface area (Å²) in [5.41, 5.74) is 0.704. The number of benzene rings is 3. The number of amides is 1. The number of esters is 1. The molecule has 1 atom stereocenters. The lowest BCUT2D eigenvalue weighted by molar-refractivity contribution is -0.146. The van der Waals surface area contributed by atoms with E-state index in [1.54, 1.807) is 0 Å². The maximum absolute atomic E-state index is 12.3. The van der Waals surface area contributed by atoms with Crippen LogP contribution in [0.1, 0.15) is 39.2 Å². The molecule has 0 aliphatic rings. The molecule has 1 amide bonds. The largest absolute Gasteiger partial charge is 0.461 e. The van der Waals surface area contributed by atoms with Crippen LogP contribution in [0.15, 0.2) is 54.6 Å². The van der Waals surface area contributed by atoms with Gasteiger partial charge in [0.2, 0.25) is 5.91 Å². The van der Waals surface area contributed by atoms with Crippen molar-refractivity contribution in [3.8, 4) is 0 Å². The van der Waals surface area contributed by atoms with Gasteiger partial charge in [-0.15, -0.1) is 0 Å². The fraction of sp³-hybridized carbons (Fsp3) is 0.360. The van der Waals surface area contributed by atoms with Crippen LogP contribution in [-0.2, 0) is 20.9 Å². The molecule has 0 aromatic heterocycles. The second kappa shape index (κ2) is 9.26. The lowest BCUT2D eigenvalue weighted by atomic mass is 9.87. The Kier molecular flexibility index (Phi) is 6.73. The number of carbonyl (C=O) groups excluding carboxylic acids is 2. The molecule has 158 valence electrons. The van der Waals surface area contributed by atoms with Crippen molar-refractivity contribution in [3.05, 3.63) is 60.2 Å². The van der Waals surface area contributed by atoms with E-state index in [2.05, 4.69) is 11.4 Å². The van der Waals surface area contributed by atoms with Crippen molar-refractivity contribution in [2.75, 3.05) is 6.61 Å². The van der Waals surface area contributed by atoms with Crippen LogP contribution in [0.4, 0.5) is 0 Å². The highest BCUT2D eigenvalue weighted by Crippen LogP contribution is 2.29. The quantitative estimate of drug-likeness (QED) is 0.451. The molecule has 0 heterocycles. The molecule has 0 aliphatic heterocycles. The van der Waals surface area contributed by atoms with E-state index in [1.807, 2.05) is 69.3 Å². The first-order valence-corrected chi connectivity index (χ1v) is 10.2. The Balaban J connectivity index is 1.65.